The molecule has 0 radical (unpaired) electrons. The first-order valence-electron chi connectivity index (χ1n) is 8.68. The normalized spacial score (nSPS) is 10.7. The molecule has 128 valence electrons. The highest BCUT2D eigenvalue weighted by Gasteiger charge is 2.02. The zero-order chi connectivity index (χ0) is 17.5. The Balaban J connectivity index is 1.57. The smallest absolute Gasteiger partial charge is 0.224 e. The molecule has 3 aromatic rings. The highest BCUT2D eigenvalue weighted by Crippen LogP contribution is 2.20. The number of anilines is 3. The third-order valence-corrected chi connectivity index (χ3v) is 4.04. The molecular weight excluding hydrogens is 308 g/mol. The van der Waals surface area contributed by atoms with E-state index in [9.17, 15) is 0 Å². The summed E-state index contributed by atoms with van der Waals surface area (Å²) >= 11 is 0. The van der Waals surface area contributed by atoms with E-state index < -0.39 is 0 Å². The SMILES string of the molecule is CC(C)c1ccc(Nc2ccnc(NCCc3ccccc3)n2)cc1. The van der Waals surface area contributed by atoms with Crippen LogP contribution >= 0.6 is 0 Å². The number of benzene rings is 2. The van der Waals surface area contributed by atoms with Crippen LogP contribution in [0, 0.1) is 0 Å². The summed E-state index contributed by atoms with van der Waals surface area (Å²) in [4.78, 5) is 8.81. The van der Waals surface area contributed by atoms with Gasteiger partial charge in [-0.2, -0.15) is 4.98 Å². The van der Waals surface area contributed by atoms with Gasteiger partial charge in [0.05, 0.1) is 0 Å². The molecule has 4 nitrogen and oxygen atoms in total. The summed E-state index contributed by atoms with van der Waals surface area (Å²) in [5.74, 6) is 1.96. The Morgan fingerprint density at radius 1 is 0.920 bits per heavy atom. The molecule has 0 saturated heterocycles. The third kappa shape index (κ3) is 5.05. The van der Waals surface area contributed by atoms with E-state index in [1.165, 1.54) is 11.1 Å². The molecule has 0 bridgehead atoms. The highest BCUT2D eigenvalue weighted by molar-refractivity contribution is 5.57. The van der Waals surface area contributed by atoms with Gasteiger partial charge in [0, 0.05) is 18.4 Å². The lowest BCUT2D eigenvalue weighted by molar-refractivity contribution is 0.867. The Morgan fingerprint density at radius 2 is 1.68 bits per heavy atom. The summed E-state index contributed by atoms with van der Waals surface area (Å²) in [5, 5.41) is 6.61. The largest absolute Gasteiger partial charge is 0.354 e. The topological polar surface area (TPSA) is 49.8 Å². The van der Waals surface area contributed by atoms with Crippen LogP contribution in [-0.4, -0.2) is 16.5 Å². The number of hydrogen-bond acceptors (Lipinski definition) is 4. The second kappa shape index (κ2) is 8.29. The Kier molecular flexibility index (Phi) is 5.62. The van der Waals surface area contributed by atoms with E-state index >= 15 is 0 Å². The van der Waals surface area contributed by atoms with Gasteiger partial charge in [0.1, 0.15) is 5.82 Å². The van der Waals surface area contributed by atoms with E-state index in [1.54, 1.807) is 6.20 Å². The lowest BCUT2D eigenvalue weighted by atomic mass is 10.0. The fourth-order valence-electron chi connectivity index (χ4n) is 2.58. The maximum Gasteiger partial charge on any atom is 0.224 e. The highest BCUT2D eigenvalue weighted by atomic mass is 15.1. The van der Waals surface area contributed by atoms with Gasteiger partial charge in [-0.3, -0.25) is 0 Å². The molecule has 0 saturated carbocycles. The lowest BCUT2D eigenvalue weighted by Crippen LogP contribution is -2.08. The molecule has 1 heterocycles. The second-order valence-corrected chi connectivity index (χ2v) is 6.33. The van der Waals surface area contributed by atoms with Crippen LogP contribution in [0.5, 0.6) is 0 Å². The molecule has 0 fully saturated rings. The van der Waals surface area contributed by atoms with Gasteiger partial charge in [0.2, 0.25) is 5.95 Å². The number of nitrogens with zero attached hydrogens (tertiary/aromatic N) is 2. The summed E-state index contributed by atoms with van der Waals surface area (Å²) in [6.07, 6.45) is 2.71. The summed E-state index contributed by atoms with van der Waals surface area (Å²) in [6, 6.07) is 20.7. The predicted molar refractivity (Wildman–Crippen MR) is 104 cm³/mol. The minimum atomic E-state index is 0.536. The van der Waals surface area contributed by atoms with Crippen molar-refractivity contribution in [1.29, 1.82) is 0 Å². The van der Waals surface area contributed by atoms with Crippen LogP contribution in [0.25, 0.3) is 0 Å². The lowest BCUT2D eigenvalue weighted by Gasteiger charge is -2.10. The number of hydrogen-bond donors (Lipinski definition) is 2. The Bertz CT molecular complexity index is 783. The molecule has 2 aromatic carbocycles. The van der Waals surface area contributed by atoms with E-state index in [2.05, 4.69) is 83.0 Å². The first-order chi connectivity index (χ1) is 12.2. The average Bonchev–Trinajstić information content (AvgIpc) is 2.63. The quantitative estimate of drug-likeness (QED) is 0.639. The van der Waals surface area contributed by atoms with Gasteiger partial charge >= 0.3 is 0 Å². The summed E-state index contributed by atoms with van der Waals surface area (Å²) in [5.41, 5.74) is 3.66. The Hall–Kier alpha value is -2.88. The van der Waals surface area contributed by atoms with Crippen molar-refractivity contribution in [3.63, 3.8) is 0 Å². The van der Waals surface area contributed by atoms with Crippen molar-refractivity contribution in [2.24, 2.45) is 0 Å². The fourth-order valence-corrected chi connectivity index (χ4v) is 2.58. The molecule has 0 aliphatic rings. The van der Waals surface area contributed by atoms with Crippen molar-refractivity contribution in [2.45, 2.75) is 26.2 Å². The molecule has 2 N–H and O–H groups in total. The van der Waals surface area contributed by atoms with Crippen LogP contribution < -0.4 is 10.6 Å². The molecule has 3 rings (SSSR count). The van der Waals surface area contributed by atoms with Gasteiger partial charge in [0.15, 0.2) is 0 Å². The van der Waals surface area contributed by atoms with Gasteiger partial charge in [-0.15, -0.1) is 0 Å². The first kappa shape index (κ1) is 17.0. The fraction of sp³-hybridized carbons (Fsp3) is 0.238. The van der Waals surface area contributed by atoms with Gasteiger partial charge in [-0.05, 0) is 41.7 Å². The first-order valence-corrected chi connectivity index (χ1v) is 8.68. The minimum Gasteiger partial charge on any atom is -0.354 e. The molecule has 0 aliphatic heterocycles. The summed E-state index contributed by atoms with van der Waals surface area (Å²) in [7, 11) is 0. The second-order valence-electron chi connectivity index (χ2n) is 6.33. The zero-order valence-electron chi connectivity index (χ0n) is 14.7. The van der Waals surface area contributed by atoms with Crippen LogP contribution in [0.2, 0.25) is 0 Å². The molecule has 25 heavy (non-hydrogen) atoms. The van der Waals surface area contributed by atoms with E-state index in [1.807, 2.05) is 12.1 Å². The van der Waals surface area contributed by atoms with Crippen molar-refractivity contribution < 1.29 is 0 Å². The minimum absolute atomic E-state index is 0.536. The van der Waals surface area contributed by atoms with Crippen molar-refractivity contribution in [3.8, 4) is 0 Å². The molecule has 0 aliphatic carbocycles. The van der Waals surface area contributed by atoms with Crippen molar-refractivity contribution >= 4 is 17.5 Å². The molecule has 0 amide bonds. The predicted octanol–water partition coefficient (Wildman–Crippen LogP) is 5.00. The molecular formula is C21H24N4. The van der Waals surface area contributed by atoms with Crippen LogP contribution in [0.15, 0.2) is 66.9 Å². The van der Waals surface area contributed by atoms with Crippen molar-refractivity contribution in [2.75, 3.05) is 17.2 Å². The maximum atomic E-state index is 4.52. The monoisotopic (exact) mass is 332 g/mol. The van der Waals surface area contributed by atoms with E-state index in [0.717, 1.165) is 24.5 Å². The van der Waals surface area contributed by atoms with Gasteiger partial charge in [-0.25, -0.2) is 4.98 Å². The Morgan fingerprint density at radius 3 is 2.40 bits per heavy atom. The molecule has 1 aromatic heterocycles. The van der Waals surface area contributed by atoms with Crippen LogP contribution in [0.4, 0.5) is 17.5 Å². The molecule has 0 unspecified atom stereocenters. The molecule has 4 heteroatoms. The van der Waals surface area contributed by atoms with E-state index in [0.29, 0.717) is 11.9 Å². The van der Waals surface area contributed by atoms with Crippen molar-refractivity contribution in [1.82, 2.24) is 9.97 Å². The zero-order valence-corrected chi connectivity index (χ0v) is 14.7. The summed E-state index contributed by atoms with van der Waals surface area (Å²) < 4.78 is 0. The number of rotatable bonds is 7. The third-order valence-electron chi connectivity index (χ3n) is 4.04. The van der Waals surface area contributed by atoms with Crippen LogP contribution in [0.1, 0.15) is 30.9 Å². The van der Waals surface area contributed by atoms with Crippen molar-refractivity contribution in [3.05, 3.63) is 78.0 Å². The number of nitrogens with one attached hydrogen (secondary N) is 2. The van der Waals surface area contributed by atoms with Crippen LogP contribution in [-0.2, 0) is 6.42 Å². The van der Waals surface area contributed by atoms with Gasteiger partial charge in [0.25, 0.3) is 0 Å². The van der Waals surface area contributed by atoms with Crippen LogP contribution in [0.3, 0.4) is 0 Å². The average molecular weight is 332 g/mol. The maximum absolute atomic E-state index is 4.52. The number of aromatic nitrogens is 2. The Labute approximate surface area is 149 Å². The van der Waals surface area contributed by atoms with E-state index in [-0.39, 0.29) is 0 Å². The molecule has 0 spiro atoms. The van der Waals surface area contributed by atoms with Gasteiger partial charge < -0.3 is 10.6 Å². The standard InChI is InChI=1S/C21H24N4/c1-16(2)18-8-10-19(11-9-18)24-20-13-15-23-21(25-20)22-14-12-17-6-4-3-5-7-17/h3-11,13,15-16H,12,14H2,1-2H3,(H2,22,23,24,25). The van der Waals surface area contributed by atoms with E-state index in [4.69, 9.17) is 0 Å². The molecule has 0 atom stereocenters. The summed E-state index contributed by atoms with van der Waals surface area (Å²) in [6.45, 7) is 5.19. The van der Waals surface area contributed by atoms with Gasteiger partial charge in [-0.1, -0.05) is 56.3 Å².